The molecule has 23 rings (SSSR count). The quantitative estimate of drug-likeness (QED) is 0.0243. The topological polar surface area (TPSA) is 350 Å². The van der Waals surface area contributed by atoms with Crippen molar-refractivity contribution in [1.29, 1.82) is 0 Å². The van der Waals surface area contributed by atoms with Gasteiger partial charge in [0.15, 0.2) is 22.8 Å². The van der Waals surface area contributed by atoms with Gasteiger partial charge in [-0.05, 0) is 301 Å². The minimum Gasteiger partial charge on any atom is -0.363 e. The van der Waals surface area contributed by atoms with Crippen molar-refractivity contribution in [1.82, 2.24) is 110 Å². The maximum Gasteiger partial charge on any atom is 0.276 e. The number of amides is 4. The van der Waals surface area contributed by atoms with Gasteiger partial charge in [-0.25, -0.2) is 9.97 Å². The van der Waals surface area contributed by atoms with Gasteiger partial charge in [0.1, 0.15) is 11.6 Å². The molecule has 0 atom stereocenters. The number of hydrogen-bond acceptors (Lipinski definition) is 24. The Balaban J connectivity index is 0.000000117. The number of likely N-dealkylation sites (tertiary alicyclic amines) is 4. The summed E-state index contributed by atoms with van der Waals surface area (Å²) in [7, 11) is 6.01. The van der Waals surface area contributed by atoms with E-state index in [-0.39, 0.29) is 23.6 Å². The molecule has 143 heavy (non-hydrogen) atoms. The number of fused-ring (bicyclic) bond motifs is 4. The predicted molar refractivity (Wildman–Crippen MR) is 565 cm³/mol. The van der Waals surface area contributed by atoms with Crippen molar-refractivity contribution >= 4 is 102 Å². The predicted octanol–water partition coefficient (Wildman–Crippen LogP) is 16.5. The van der Waals surface area contributed by atoms with Crippen molar-refractivity contribution in [2.75, 3.05) is 170 Å². The molecule has 0 aliphatic carbocycles. The number of aromatic nitrogens is 14. The fourth-order valence-electron chi connectivity index (χ4n) is 20.2. The standard InChI is InChI=1S/C30H35N7O.C29H33N7O.C27H29N7O.C25H27N7O/c1-35-11-13-37(14-12-35)20-22-5-4-6-26(16-22)32-30(38)29-27-17-24(7-8-28(27)33-34-29)25-15-23(18-31-19-25)21-36-9-2-3-10-36;37-29(32-25-5-3-4-21(15-25)19-36-12-8-30-9-13-36)28-26-16-23(6-7-27(26)33-34-28)24-14-22(17-31-18-24)20-35-10-1-2-11-35;35-27(30-22-6-8-25(29-17-22)34-11-3-4-12-34)26-23-14-20(5-7-24(23)31-32-26)21-13-19(15-28-16-21)18-33-9-1-2-10-33;1-31(2)23-8-6-20(15-27-23)28-25(33)24-21-12-18(5-7-22(21)29-30-24)19-11-17(13-26-14-19)16-32-9-3-4-10-32/h4-8,15-19H,2-3,9-14,20-21H2,1H3,(H,32,38)(H,33,34);3-7,14-18,30H,1-2,8-13,19-20H2,(H,32,37)(H,33,34);5-8,13-17H,1-4,9-12,18H2,(H,30,35)(H,31,32);5-8,11-15H,3-4,9-10,16H2,1-2H3,(H,28,33)(H,29,30). The minimum atomic E-state index is -0.279. The number of hydrogen-bond donors (Lipinski definition) is 9. The van der Waals surface area contributed by atoms with E-state index in [0.29, 0.717) is 34.2 Å². The van der Waals surface area contributed by atoms with Gasteiger partial charge in [0.05, 0.1) is 45.8 Å². The van der Waals surface area contributed by atoms with E-state index in [0.717, 1.165) is 268 Å². The number of nitrogens with zero attached hydrogens (tertiary/aromatic N) is 19. The van der Waals surface area contributed by atoms with Crippen molar-refractivity contribution in [3.8, 4) is 44.5 Å². The molecule has 6 aromatic carbocycles. The number of anilines is 6. The fourth-order valence-corrected chi connectivity index (χ4v) is 20.2. The number of carbonyl (C=O) groups excluding carboxylic acids is 4. The maximum atomic E-state index is 13.3. The van der Waals surface area contributed by atoms with Crippen LogP contribution in [0.5, 0.6) is 0 Å². The molecular formula is C111H124N28O4. The molecule has 32 nitrogen and oxygen atoms in total. The Bertz CT molecular complexity index is 7090. The number of piperazine rings is 2. The van der Waals surface area contributed by atoms with Crippen LogP contribution in [0.1, 0.15) is 140 Å². The number of pyridine rings is 6. The summed E-state index contributed by atoms with van der Waals surface area (Å²) in [5, 5.41) is 47.8. The summed E-state index contributed by atoms with van der Waals surface area (Å²) in [6, 6.07) is 56.7. The van der Waals surface area contributed by atoms with Crippen LogP contribution in [-0.4, -0.2) is 268 Å². The van der Waals surface area contributed by atoms with Gasteiger partial charge in [0, 0.05) is 224 Å². The Hall–Kier alpha value is -14.7. The van der Waals surface area contributed by atoms with Gasteiger partial charge >= 0.3 is 0 Å². The lowest BCUT2D eigenvalue weighted by Crippen LogP contribution is -2.43. The lowest BCUT2D eigenvalue weighted by atomic mass is 10.0. The molecule has 17 heterocycles. The van der Waals surface area contributed by atoms with Crippen LogP contribution in [0.3, 0.4) is 0 Å². The van der Waals surface area contributed by atoms with Gasteiger partial charge in [0.2, 0.25) is 0 Å². The molecule has 16 aromatic rings. The Morgan fingerprint density at radius 2 is 0.608 bits per heavy atom. The molecule has 7 fully saturated rings. The summed E-state index contributed by atoms with van der Waals surface area (Å²) in [4.78, 5) is 101. The minimum absolute atomic E-state index is 0.217. The van der Waals surface area contributed by atoms with E-state index in [9.17, 15) is 19.2 Å². The molecule has 732 valence electrons. The molecule has 4 amide bonds. The molecular weight excluding hydrogens is 1790 g/mol. The summed E-state index contributed by atoms with van der Waals surface area (Å²) >= 11 is 0. The number of rotatable bonds is 26. The molecule has 9 N–H and O–H groups in total. The monoisotopic (exact) mass is 1910 g/mol. The largest absolute Gasteiger partial charge is 0.363 e. The Morgan fingerprint density at radius 3 is 0.937 bits per heavy atom. The second-order valence-corrected chi connectivity index (χ2v) is 38.8. The van der Waals surface area contributed by atoms with E-state index >= 15 is 0 Å². The zero-order valence-corrected chi connectivity index (χ0v) is 81.6. The average molecular weight is 1910 g/mol. The molecule has 0 radical (unpaired) electrons. The number of nitrogens with one attached hydrogen (secondary N) is 9. The Morgan fingerprint density at radius 1 is 0.294 bits per heavy atom. The summed E-state index contributed by atoms with van der Waals surface area (Å²) in [6.45, 7) is 25.2. The molecule has 32 heteroatoms. The first-order chi connectivity index (χ1) is 70.1. The van der Waals surface area contributed by atoms with E-state index in [1.54, 1.807) is 12.4 Å². The van der Waals surface area contributed by atoms with Crippen LogP contribution in [0.2, 0.25) is 0 Å². The Kier molecular flexibility index (Phi) is 30.4. The third-order valence-corrected chi connectivity index (χ3v) is 27.9. The van der Waals surface area contributed by atoms with Gasteiger partial charge in [0.25, 0.3) is 23.6 Å². The molecule has 0 spiro atoms. The summed E-state index contributed by atoms with van der Waals surface area (Å²) in [5.74, 6) is 0.804. The van der Waals surface area contributed by atoms with Crippen molar-refractivity contribution in [2.24, 2.45) is 0 Å². The van der Waals surface area contributed by atoms with Crippen molar-refractivity contribution < 1.29 is 19.2 Å². The third kappa shape index (κ3) is 24.4. The van der Waals surface area contributed by atoms with Gasteiger partial charge in [-0.3, -0.25) is 88.9 Å². The highest BCUT2D eigenvalue weighted by Crippen LogP contribution is 2.35. The summed E-state index contributed by atoms with van der Waals surface area (Å²) in [5.41, 5.74) is 23.1. The van der Waals surface area contributed by atoms with Crippen LogP contribution in [0.25, 0.3) is 88.1 Å². The Labute approximate surface area is 832 Å². The third-order valence-electron chi connectivity index (χ3n) is 27.9. The van der Waals surface area contributed by atoms with Crippen molar-refractivity contribution in [3.05, 3.63) is 288 Å². The molecule has 7 aliphatic rings. The molecule has 10 aromatic heterocycles. The number of aromatic amines is 4. The lowest BCUT2D eigenvalue weighted by molar-refractivity contribution is 0.101. The highest BCUT2D eigenvalue weighted by molar-refractivity contribution is 6.15. The van der Waals surface area contributed by atoms with Crippen LogP contribution in [-0.2, 0) is 39.3 Å². The van der Waals surface area contributed by atoms with Crippen LogP contribution in [0.15, 0.2) is 232 Å². The first-order valence-corrected chi connectivity index (χ1v) is 50.3. The first kappa shape index (κ1) is 95.8. The van der Waals surface area contributed by atoms with Crippen LogP contribution in [0, 0.1) is 0 Å². The van der Waals surface area contributed by atoms with E-state index in [1.165, 1.54) is 97.6 Å². The van der Waals surface area contributed by atoms with Gasteiger partial charge < -0.3 is 41.3 Å². The van der Waals surface area contributed by atoms with Crippen molar-refractivity contribution in [3.63, 3.8) is 0 Å². The number of H-pyrrole nitrogens is 4. The van der Waals surface area contributed by atoms with Gasteiger partial charge in [-0.15, -0.1) is 0 Å². The summed E-state index contributed by atoms with van der Waals surface area (Å²) in [6.07, 6.45) is 31.2. The van der Waals surface area contributed by atoms with Crippen LogP contribution >= 0.6 is 0 Å². The highest BCUT2D eigenvalue weighted by Gasteiger charge is 2.26. The van der Waals surface area contributed by atoms with E-state index < -0.39 is 0 Å². The van der Waals surface area contributed by atoms with Gasteiger partial charge in [-0.1, -0.05) is 48.5 Å². The molecule has 0 saturated carbocycles. The number of benzene rings is 6. The SMILES string of the molecule is CN(C)c1ccc(NC(=O)c2n[nH]c3ccc(-c4cncc(CN5CCCC5)c4)cc23)cn1.CN1CCN(Cc2cccc(NC(=O)c3n[nH]c4ccc(-c5cncc(CN6CCCC6)c5)cc34)c2)CC1.O=C(Nc1ccc(N2CCCC2)nc1)c1n[nH]c2ccc(-c3cncc(CN4CCCC4)c3)cc12.O=C(Nc1cccc(CN2CCNCC2)c1)c1n[nH]c2ccc(-c3cncc(CN4CCCC4)c3)cc12. The zero-order valence-electron chi connectivity index (χ0n) is 81.6. The molecule has 0 unspecified atom stereocenters. The number of carbonyl (C=O) groups is 4. The average Bonchev–Trinajstić information content (AvgIpc) is 1.46. The summed E-state index contributed by atoms with van der Waals surface area (Å²) < 4.78 is 0. The number of likely N-dealkylation sites (N-methyl/N-ethyl adjacent to an activating group) is 1. The fraction of sp³-hybridized carbons (Fsp3) is 0.333. The normalized spacial score (nSPS) is 16.2. The van der Waals surface area contributed by atoms with Crippen LogP contribution < -0.4 is 36.4 Å². The van der Waals surface area contributed by atoms with E-state index in [4.69, 9.17) is 0 Å². The maximum absolute atomic E-state index is 13.3. The van der Waals surface area contributed by atoms with Crippen molar-refractivity contribution in [2.45, 2.75) is 103 Å². The molecule has 0 bridgehead atoms. The van der Waals surface area contributed by atoms with E-state index in [2.05, 4.69) is 204 Å². The molecule has 7 saturated heterocycles. The van der Waals surface area contributed by atoms with Gasteiger partial charge in [-0.2, -0.15) is 20.4 Å². The second-order valence-electron chi connectivity index (χ2n) is 38.8. The second kappa shape index (κ2) is 45.5. The smallest absolute Gasteiger partial charge is 0.276 e. The molecule has 7 aliphatic heterocycles. The lowest BCUT2D eigenvalue weighted by Gasteiger charge is -2.32. The van der Waals surface area contributed by atoms with E-state index in [1.807, 2.05) is 178 Å². The highest BCUT2D eigenvalue weighted by atomic mass is 16.2. The first-order valence-electron chi connectivity index (χ1n) is 50.3. The van der Waals surface area contributed by atoms with Crippen LogP contribution in [0.4, 0.5) is 34.4 Å². The zero-order chi connectivity index (χ0) is 97.3.